The fourth-order valence-corrected chi connectivity index (χ4v) is 5.47. The Kier molecular flexibility index (Phi) is 5.66. The Morgan fingerprint density at radius 1 is 1.09 bits per heavy atom. The van der Waals surface area contributed by atoms with Crippen LogP contribution in [-0.4, -0.2) is 38.7 Å². The molecule has 2 atom stereocenters. The molecule has 7 heteroatoms. The van der Waals surface area contributed by atoms with Crippen LogP contribution in [0.15, 0.2) is 67.0 Å². The highest BCUT2D eigenvalue weighted by molar-refractivity contribution is 7.80. The number of hydrogen-bond acceptors (Lipinski definition) is 4. The van der Waals surface area contributed by atoms with Crippen LogP contribution >= 0.6 is 12.2 Å². The van der Waals surface area contributed by atoms with Gasteiger partial charge in [0.25, 0.3) is 0 Å². The van der Waals surface area contributed by atoms with E-state index < -0.39 is 0 Å². The number of aromatic nitrogens is 2. The van der Waals surface area contributed by atoms with Crippen molar-refractivity contribution in [2.24, 2.45) is 0 Å². The third-order valence-electron chi connectivity index (χ3n) is 6.51. The Bertz CT molecular complexity index is 1120. The maximum Gasteiger partial charge on any atom is 0.339 e. The number of carbonyl (C=O) groups excluding carboxylic acids is 1. The number of pyridine rings is 1. The van der Waals surface area contributed by atoms with Gasteiger partial charge < -0.3 is 19.5 Å². The molecule has 2 aromatic heterocycles. The van der Waals surface area contributed by atoms with E-state index in [2.05, 4.69) is 25.8 Å². The average Bonchev–Trinajstić information content (AvgIpc) is 3.58. The number of nitrogens with one attached hydrogen (secondary N) is 1. The predicted molar refractivity (Wildman–Crippen MR) is 127 cm³/mol. The lowest BCUT2D eigenvalue weighted by Crippen LogP contribution is -2.38. The smallest absolute Gasteiger partial charge is 0.339 e. The molecule has 1 aliphatic heterocycles. The number of carbonyl (C=O) groups is 1. The van der Waals surface area contributed by atoms with Gasteiger partial charge >= 0.3 is 5.97 Å². The van der Waals surface area contributed by atoms with Crippen molar-refractivity contribution >= 4 is 23.3 Å². The highest BCUT2D eigenvalue weighted by atomic mass is 32.1. The molecule has 0 spiro atoms. The van der Waals surface area contributed by atoms with E-state index >= 15 is 0 Å². The van der Waals surface area contributed by atoms with Gasteiger partial charge in [0.15, 0.2) is 5.11 Å². The van der Waals surface area contributed by atoms with Crippen molar-refractivity contribution in [3.63, 3.8) is 0 Å². The zero-order valence-electron chi connectivity index (χ0n) is 18.0. The lowest BCUT2D eigenvalue weighted by molar-refractivity contribution is 0.0600. The summed E-state index contributed by atoms with van der Waals surface area (Å²) in [6, 6.07) is 17.9. The van der Waals surface area contributed by atoms with Crippen LogP contribution in [-0.2, 0) is 4.74 Å². The minimum Gasteiger partial charge on any atom is -0.465 e. The van der Waals surface area contributed by atoms with Crippen LogP contribution in [0.4, 0.5) is 0 Å². The van der Waals surface area contributed by atoms with Gasteiger partial charge in [-0.2, -0.15) is 0 Å². The fourth-order valence-electron chi connectivity index (χ4n) is 5.08. The van der Waals surface area contributed by atoms with Crippen LogP contribution in [0.1, 0.15) is 59.5 Å². The van der Waals surface area contributed by atoms with E-state index in [1.807, 2.05) is 54.9 Å². The van der Waals surface area contributed by atoms with E-state index in [9.17, 15) is 4.79 Å². The molecule has 5 rings (SSSR count). The van der Waals surface area contributed by atoms with Crippen molar-refractivity contribution in [3.05, 3.63) is 83.9 Å². The van der Waals surface area contributed by atoms with Gasteiger partial charge in [0.1, 0.15) is 0 Å². The van der Waals surface area contributed by atoms with E-state index in [1.165, 1.54) is 20.0 Å². The molecule has 0 bridgehead atoms. The predicted octanol–water partition coefficient (Wildman–Crippen LogP) is 4.57. The molecule has 0 unspecified atom stereocenters. The van der Waals surface area contributed by atoms with Crippen LogP contribution in [0, 0.1) is 0 Å². The first-order valence-electron chi connectivity index (χ1n) is 11.0. The molecule has 1 saturated carbocycles. The topological polar surface area (TPSA) is 59.4 Å². The van der Waals surface area contributed by atoms with Crippen LogP contribution < -0.4 is 5.32 Å². The number of hydrogen-bond donors (Lipinski definition) is 1. The summed E-state index contributed by atoms with van der Waals surface area (Å²) in [7, 11) is 1.41. The molecule has 3 heterocycles. The molecule has 6 nitrogen and oxygen atoms in total. The number of rotatable bonds is 5. The lowest BCUT2D eigenvalue weighted by atomic mass is 9.99. The summed E-state index contributed by atoms with van der Waals surface area (Å²) in [5, 5.41) is 4.32. The van der Waals surface area contributed by atoms with Gasteiger partial charge in [0.05, 0.1) is 36.1 Å². The summed E-state index contributed by atoms with van der Waals surface area (Å²) in [5.74, 6) is -0.353. The summed E-state index contributed by atoms with van der Waals surface area (Å²) in [4.78, 5) is 19.5. The highest BCUT2D eigenvalue weighted by Gasteiger charge is 2.44. The Labute approximate surface area is 193 Å². The molecule has 32 heavy (non-hydrogen) atoms. The summed E-state index contributed by atoms with van der Waals surface area (Å²) in [6.45, 7) is 0. The highest BCUT2D eigenvalue weighted by Crippen LogP contribution is 2.43. The van der Waals surface area contributed by atoms with Crippen molar-refractivity contribution in [1.82, 2.24) is 19.8 Å². The second-order valence-electron chi connectivity index (χ2n) is 8.28. The van der Waals surface area contributed by atoms with Crippen molar-refractivity contribution in [1.29, 1.82) is 0 Å². The van der Waals surface area contributed by atoms with E-state index in [0.717, 1.165) is 35.0 Å². The largest absolute Gasteiger partial charge is 0.465 e. The fraction of sp³-hybridized carbons (Fsp3) is 0.320. The molecule has 164 valence electrons. The van der Waals surface area contributed by atoms with Crippen LogP contribution in [0.25, 0.3) is 5.69 Å². The second kappa shape index (κ2) is 8.74. The first-order chi connectivity index (χ1) is 15.7. The van der Waals surface area contributed by atoms with Crippen LogP contribution in [0.2, 0.25) is 0 Å². The second-order valence-corrected chi connectivity index (χ2v) is 8.67. The van der Waals surface area contributed by atoms with E-state index in [0.29, 0.717) is 11.6 Å². The van der Waals surface area contributed by atoms with Crippen molar-refractivity contribution in [2.45, 2.75) is 43.8 Å². The molecule has 3 aromatic rings. The monoisotopic (exact) mass is 446 g/mol. The summed E-state index contributed by atoms with van der Waals surface area (Å²) < 4.78 is 7.13. The molecule has 0 radical (unpaired) electrons. The van der Waals surface area contributed by atoms with Crippen molar-refractivity contribution in [2.75, 3.05) is 7.11 Å². The molecular formula is C25H26N4O2S. The number of para-hydroxylation sites is 1. The van der Waals surface area contributed by atoms with Gasteiger partial charge in [-0.25, -0.2) is 4.79 Å². The first-order valence-corrected chi connectivity index (χ1v) is 11.4. The first kappa shape index (κ1) is 20.7. The third-order valence-corrected chi connectivity index (χ3v) is 6.83. The number of thiocarbonyl (C=S) groups is 1. The Hall–Kier alpha value is -3.19. The number of ether oxygens (including phenoxy) is 1. The van der Waals surface area contributed by atoms with Crippen molar-refractivity contribution in [3.8, 4) is 5.69 Å². The molecule has 1 saturated heterocycles. The Morgan fingerprint density at radius 3 is 2.62 bits per heavy atom. The maximum atomic E-state index is 12.5. The Balaban J connectivity index is 1.64. The normalized spacial score (nSPS) is 21.0. The zero-order valence-corrected chi connectivity index (χ0v) is 18.8. The van der Waals surface area contributed by atoms with Gasteiger partial charge in [0.2, 0.25) is 0 Å². The number of nitrogens with zero attached hydrogens (tertiary/aromatic N) is 3. The lowest BCUT2D eigenvalue weighted by Gasteiger charge is -2.33. The van der Waals surface area contributed by atoms with Crippen LogP contribution in [0.3, 0.4) is 0 Å². The molecule has 1 aliphatic carbocycles. The summed E-state index contributed by atoms with van der Waals surface area (Å²) in [5.41, 5.74) is 3.34. The van der Waals surface area contributed by atoms with Gasteiger partial charge in [-0.1, -0.05) is 31.0 Å². The SMILES string of the molecule is COC(=O)c1ccccc1-n1cccc1[C@@H]1[C@H](c2ccccn2)NC(=S)N1C1CCCC1. The molecule has 1 aromatic carbocycles. The van der Waals surface area contributed by atoms with Gasteiger partial charge in [-0.05, 0) is 61.5 Å². The zero-order chi connectivity index (χ0) is 22.1. The average molecular weight is 447 g/mol. The van der Waals surface area contributed by atoms with Crippen LogP contribution in [0.5, 0.6) is 0 Å². The number of benzene rings is 1. The molecule has 2 fully saturated rings. The quantitative estimate of drug-likeness (QED) is 0.458. The minimum absolute atomic E-state index is 0.0406. The Morgan fingerprint density at radius 2 is 1.88 bits per heavy atom. The third kappa shape index (κ3) is 3.56. The summed E-state index contributed by atoms with van der Waals surface area (Å²) in [6.07, 6.45) is 8.52. The van der Waals surface area contributed by atoms with E-state index in [4.69, 9.17) is 17.0 Å². The number of methoxy groups -OCH3 is 1. The molecule has 2 aliphatic rings. The van der Waals surface area contributed by atoms with Crippen molar-refractivity contribution < 1.29 is 9.53 Å². The molecular weight excluding hydrogens is 420 g/mol. The molecule has 0 amide bonds. The summed E-state index contributed by atoms with van der Waals surface area (Å²) >= 11 is 5.85. The maximum absolute atomic E-state index is 12.5. The van der Waals surface area contributed by atoms with E-state index in [1.54, 1.807) is 6.07 Å². The standard InChI is InChI=1S/C25H26N4O2S/c1-31-24(30)18-11-4-5-13-20(18)28-16-8-14-21(28)23-22(19-12-6-7-15-26-19)27-25(32)29(23)17-9-2-3-10-17/h4-8,11-17,22-23H,2-3,9-10H2,1H3,(H,27,32)/t22-,23+/m0/s1. The van der Waals surface area contributed by atoms with E-state index in [-0.39, 0.29) is 18.1 Å². The molecule has 1 N–H and O–H groups in total. The van der Waals surface area contributed by atoms with Gasteiger partial charge in [-0.3, -0.25) is 4.98 Å². The number of esters is 1. The minimum atomic E-state index is -0.353. The van der Waals surface area contributed by atoms with Gasteiger partial charge in [0, 0.05) is 24.1 Å². The van der Waals surface area contributed by atoms with Gasteiger partial charge in [-0.15, -0.1) is 0 Å².